The summed E-state index contributed by atoms with van der Waals surface area (Å²) in [5.41, 5.74) is 2.94. The van der Waals surface area contributed by atoms with Crippen LogP contribution in [-0.2, 0) is 6.42 Å². The molecular formula is C15H23NO. The maximum Gasteiger partial charge on any atom is 0.119 e. The van der Waals surface area contributed by atoms with Crippen molar-refractivity contribution < 1.29 is 4.74 Å². The molecule has 1 unspecified atom stereocenters. The van der Waals surface area contributed by atoms with Crippen LogP contribution >= 0.6 is 0 Å². The molecule has 2 heteroatoms. The van der Waals surface area contributed by atoms with Crippen LogP contribution in [0.15, 0.2) is 18.2 Å². The maximum atomic E-state index is 5.70. The number of hydrogen-bond donors (Lipinski definition) is 1. The van der Waals surface area contributed by atoms with Crippen LogP contribution in [0, 0.1) is 0 Å². The molecule has 1 aliphatic rings. The zero-order valence-corrected chi connectivity index (χ0v) is 11.0. The highest BCUT2D eigenvalue weighted by molar-refractivity contribution is 5.39. The summed E-state index contributed by atoms with van der Waals surface area (Å²) >= 11 is 0. The second-order valence-electron chi connectivity index (χ2n) is 4.71. The van der Waals surface area contributed by atoms with Gasteiger partial charge >= 0.3 is 0 Å². The van der Waals surface area contributed by atoms with Crippen LogP contribution in [-0.4, -0.2) is 13.2 Å². The Bertz CT molecular complexity index is 362. The van der Waals surface area contributed by atoms with E-state index in [4.69, 9.17) is 4.74 Å². The predicted octanol–water partition coefficient (Wildman–Crippen LogP) is 3.46. The highest BCUT2D eigenvalue weighted by Gasteiger charge is 2.19. The van der Waals surface area contributed by atoms with Crippen LogP contribution < -0.4 is 10.1 Å². The SMILES string of the molecule is CCCOc1ccc2c(c1)CCCC2NCC. The molecule has 0 fully saturated rings. The average molecular weight is 233 g/mol. The monoisotopic (exact) mass is 233 g/mol. The summed E-state index contributed by atoms with van der Waals surface area (Å²) in [5, 5.41) is 3.56. The van der Waals surface area contributed by atoms with Gasteiger partial charge in [-0.05, 0) is 55.5 Å². The molecule has 0 heterocycles. The van der Waals surface area contributed by atoms with Crippen LogP contribution in [0.4, 0.5) is 0 Å². The summed E-state index contributed by atoms with van der Waals surface area (Å²) in [6.07, 6.45) is 4.80. The quantitative estimate of drug-likeness (QED) is 0.841. The van der Waals surface area contributed by atoms with Crippen molar-refractivity contribution in [1.29, 1.82) is 0 Å². The zero-order chi connectivity index (χ0) is 12.1. The molecule has 1 N–H and O–H groups in total. The van der Waals surface area contributed by atoms with Crippen molar-refractivity contribution in [3.05, 3.63) is 29.3 Å². The van der Waals surface area contributed by atoms with Gasteiger partial charge < -0.3 is 10.1 Å². The maximum absolute atomic E-state index is 5.70. The minimum atomic E-state index is 0.545. The van der Waals surface area contributed by atoms with Crippen LogP contribution in [0.25, 0.3) is 0 Å². The lowest BCUT2D eigenvalue weighted by Gasteiger charge is -2.26. The van der Waals surface area contributed by atoms with Crippen LogP contribution in [0.5, 0.6) is 5.75 Å². The molecule has 1 aromatic carbocycles. The van der Waals surface area contributed by atoms with E-state index in [1.807, 2.05) is 0 Å². The van der Waals surface area contributed by atoms with E-state index >= 15 is 0 Å². The Morgan fingerprint density at radius 2 is 2.24 bits per heavy atom. The molecule has 2 rings (SSSR count). The topological polar surface area (TPSA) is 21.3 Å². The summed E-state index contributed by atoms with van der Waals surface area (Å²) < 4.78 is 5.70. The largest absolute Gasteiger partial charge is 0.494 e. The van der Waals surface area contributed by atoms with Gasteiger partial charge in [-0.1, -0.05) is 19.9 Å². The summed E-state index contributed by atoms with van der Waals surface area (Å²) in [7, 11) is 0. The first-order valence-corrected chi connectivity index (χ1v) is 6.84. The van der Waals surface area contributed by atoms with Gasteiger partial charge in [0, 0.05) is 6.04 Å². The van der Waals surface area contributed by atoms with Gasteiger partial charge in [0.2, 0.25) is 0 Å². The van der Waals surface area contributed by atoms with Gasteiger partial charge in [-0.25, -0.2) is 0 Å². The number of ether oxygens (including phenoxy) is 1. The van der Waals surface area contributed by atoms with Gasteiger partial charge in [-0.15, -0.1) is 0 Å². The van der Waals surface area contributed by atoms with Gasteiger partial charge in [0.05, 0.1) is 6.61 Å². The van der Waals surface area contributed by atoms with Crippen LogP contribution in [0.2, 0.25) is 0 Å². The van der Waals surface area contributed by atoms with Crippen molar-refractivity contribution in [3.63, 3.8) is 0 Å². The van der Waals surface area contributed by atoms with E-state index in [-0.39, 0.29) is 0 Å². The Balaban J connectivity index is 2.14. The first-order chi connectivity index (χ1) is 8.35. The number of rotatable bonds is 5. The van der Waals surface area contributed by atoms with Crippen molar-refractivity contribution in [2.75, 3.05) is 13.2 Å². The van der Waals surface area contributed by atoms with E-state index in [9.17, 15) is 0 Å². The van der Waals surface area contributed by atoms with Gasteiger partial charge in [0.25, 0.3) is 0 Å². The van der Waals surface area contributed by atoms with E-state index in [0.717, 1.165) is 25.3 Å². The van der Waals surface area contributed by atoms with Crippen molar-refractivity contribution in [1.82, 2.24) is 5.32 Å². The Morgan fingerprint density at radius 1 is 1.35 bits per heavy atom. The van der Waals surface area contributed by atoms with E-state index in [0.29, 0.717) is 6.04 Å². The fourth-order valence-electron chi connectivity index (χ4n) is 2.56. The number of benzene rings is 1. The lowest BCUT2D eigenvalue weighted by Crippen LogP contribution is -2.24. The smallest absolute Gasteiger partial charge is 0.119 e. The molecule has 1 aliphatic carbocycles. The molecular weight excluding hydrogens is 210 g/mol. The van der Waals surface area contributed by atoms with Crippen molar-refractivity contribution in [3.8, 4) is 5.75 Å². The first-order valence-electron chi connectivity index (χ1n) is 6.84. The van der Waals surface area contributed by atoms with Crippen molar-refractivity contribution in [2.45, 2.75) is 45.6 Å². The lowest BCUT2D eigenvalue weighted by atomic mass is 9.87. The standard InChI is InChI=1S/C15H23NO/c1-3-10-17-13-8-9-14-12(11-13)6-5-7-15(14)16-4-2/h8-9,11,15-16H,3-7,10H2,1-2H3. The molecule has 0 bridgehead atoms. The van der Waals surface area contributed by atoms with Crippen molar-refractivity contribution >= 4 is 0 Å². The number of fused-ring (bicyclic) bond motifs is 1. The van der Waals surface area contributed by atoms with Crippen molar-refractivity contribution in [2.24, 2.45) is 0 Å². The second-order valence-corrected chi connectivity index (χ2v) is 4.71. The average Bonchev–Trinajstić information content (AvgIpc) is 2.37. The van der Waals surface area contributed by atoms with Gasteiger partial charge in [0.1, 0.15) is 5.75 Å². The van der Waals surface area contributed by atoms with Gasteiger partial charge in [-0.3, -0.25) is 0 Å². The molecule has 0 spiro atoms. The molecule has 0 amide bonds. The fourth-order valence-corrected chi connectivity index (χ4v) is 2.56. The molecule has 0 saturated heterocycles. The minimum absolute atomic E-state index is 0.545. The third-order valence-electron chi connectivity index (χ3n) is 3.35. The Labute approximate surface area is 104 Å². The van der Waals surface area contributed by atoms with E-state index in [2.05, 4.69) is 37.4 Å². The predicted molar refractivity (Wildman–Crippen MR) is 71.6 cm³/mol. The highest BCUT2D eigenvalue weighted by atomic mass is 16.5. The molecule has 1 aromatic rings. The zero-order valence-electron chi connectivity index (χ0n) is 11.0. The fraction of sp³-hybridized carbons (Fsp3) is 0.600. The van der Waals surface area contributed by atoms with Crippen LogP contribution in [0.1, 0.15) is 50.3 Å². The second kappa shape index (κ2) is 6.06. The Morgan fingerprint density at radius 3 is 3.00 bits per heavy atom. The molecule has 0 aliphatic heterocycles. The molecule has 2 nitrogen and oxygen atoms in total. The number of aryl methyl sites for hydroxylation is 1. The van der Waals surface area contributed by atoms with E-state index in [1.54, 1.807) is 0 Å². The summed E-state index contributed by atoms with van der Waals surface area (Å²) in [6.45, 7) is 6.17. The van der Waals surface area contributed by atoms with Gasteiger partial charge in [0.15, 0.2) is 0 Å². The number of nitrogens with one attached hydrogen (secondary N) is 1. The lowest BCUT2D eigenvalue weighted by molar-refractivity contribution is 0.316. The molecule has 17 heavy (non-hydrogen) atoms. The third kappa shape index (κ3) is 3.01. The first kappa shape index (κ1) is 12.4. The highest BCUT2D eigenvalue weighted by Crippen LogP contribution is 2.32. The minimum Gasteiger partial charge on any atom is -0.494 e. The normalized spacial score (nSPS) is 18.8. The Hall–Kier alpha value is -1.02. The molecule has 1 atom stereocenters. The summed E-state index contributed by atoms with van der Waals surface area (Å²) in [6, 6.07) is 7.13. The van der Waals surface area contributed by atoms with Gasteiger partial charge in [-0.2, -0.15) is 0 Å². The van der Waals surface area contributed by atoms with E-state index in [1.165, 1.54) is 30.4 Å². The summed E-state index contributed by atoms with van der Waals surface area (Å²) in [4.78, 5) is 0. The Kier molecular flexibility index (Phi) is 4.43. The van der Waals surface area contributed by atoms with Crippen LogP contribution in [0.3, 0.4) is 0 Å². The number of hydrogen-bond acceptors (Lipinski definition) is 2. The molecule has 0 radical (unpaired) electrons. The third-order valence-corrected chi connectivity index (χ3v) is 3.35. The molecule has 0 saturated carbocycles. The summed E-state index contributed by atoms with van der Waals surface area (Å²) in [5.74, 6) is 1.03. The molecule has 0 aromatic heterocycles. The molecule has 94 valence electrons. The van der Waals surface area contributed by atoms with E-state index < -0.39 is 0 Å².